The van der Waals surface area contributed by atoms with Gasteiger partial charge >= 0.3 is 0 Å². The molecule has 2 rings (SSSR count). The number of amides is 1. The number of ether oxygens (including phenoxy) is 1. The fourth-order valence-corrected chi connectivity index (χ4v) is 1.78. The minimum absolute atomic E-state index is 0.347. The molecule has 0 unspecified atom stereocenters. The molecule has 4 nitrogen and oxygen atoms in total. The van der Waals surface area contributed by atoms with Crippen molar-refractivity contribution >= 4 is 23.7 Å². The van der Waals surface area contributed by atoms with E-state index >= 15 is 0 Å². The molecule has 2 aromatic carbocycles. The Kier molecular flexibility index (Phi) is 4.74. The van der Waals surface area contributed by atoms with Crippen LogP contribution in [0.25, 0.3) is 0 Å². The van der Waals surface area contributed by atoms with Crippen LogP contribution in [0.5, 0.6) is 5.75 Å². The molecule has 20 heavy (non-hydrogen) atoms. The quantitative estimate of drug-likeness (QED) is 0.694. The fourth-order valence-electron chi connectivity index (χ4n) is 1.56. The summed E-state index contributed by atoms with van der Waals surface area (Å²) >= 11 is 5.92. The molecule has 0 saturated carbocycles. The van der Waals surface area contributed by atoms with Crippen LogP contribution in [0.1, 0.15) is 15.9 Å². The maximum atomic E-state index is 11.8. The van der Waals surface area contributed by atoms with Gasteiger partial charge in [0.1, 0.15) is 5.75 Å². The Morgan fingerprint density at radius 2 is 1.90 bits per heavy atom. The maximum absolute atomic E-state index is 11.8. The third-order valence-electron chi connectivity index (χ3n) is 2.61. The molecule has 1 N–H and O–H groups in total. The largest absolute Gasteiger partial charge is 0.497 e. The number of hydrogen-bond donors (Lipinski definition) is 1. The zero-order valence-corrected chi connectivity index (χ0v) is 11.6. The molecular weight excluding hydrogens is 276 g/mol. The van der Waals surface area contributed by atoms with Crippen molar-refractivity contribution in [3.05, 3.63) is 64.7 Å². The first-order valence-corrected chi connectivity index (χ1v) is 6.30. The van der Waals surface area contributed by atoms with Crippen molar-refractivity contribution in [1.82, 2.24) is 5.43 Å². The topological polar surface area (TPSA) is 50.7 Å². The summed E-state index contributed by atoms with van der Waals surface area (Å²) in [7, 11) is 1.60. The summed E-state index contributed by atoms with van der Waals surface area (Å²) in [5, 5.41) is 4.28. The van der Waals surface area contributed by atoms with E-state index in [4.69, 9.17) is 16.3 Å². The molecule has 0 heterocycles. The van der Waals surface area contributed by atoms with Crippen LogP contribution < -0.4 is 10.2 Å². The monoisotopic (exact) mass is 288 g/mol. The van der Waals surface area contributed by atoms with Crippen molar-refractivity contribution in [2.75, 3.05) is 7.11 Å². The van der Waals surface area contributed by atoms with Gasteiger partial charge in [0.15, 0.2) is 0 Å². The van der Waals surface area contributed by atoms with Gasteiger partial charge in [0.25, 0.3) is 5.91 Å². The number of rotatable bonds is 4. The molecule has 0 radical (unpaired) electrons. The van der Waals surface area contributed by atoms with E-state index in [0.717, 1.165) is 11.3 Å². The second kappa shape index (κ2) is 6.73. The predicted molar refractivity (Wildman–Crippen MR) is 79.5 cm³/mol. The molecule has 2 aromatic rings. The minimum atomic E-state index is -0.347. The lowest BCUT2D eigenvalue weighted by atomic mass is 10.2. The van der Waals surface area contributed by atoms with E-state index in [1.165, 1.54) is 0 Å². The van der Waals surface area contributed by atoms with E-state index in [1.54, 1.807) is 37.6 Å². The van der Waals surface area contributed by atoms with E-state index in [9.17, 15) is 4.79 Å². The van der Waals surface area contributed by atoms with Crippen LogP contribution in [0.3, 0.4) is 0 Å². The van der Waals surface area contributed by atoms with E-state index in [0.29, 0.717) is 10.6 Å². The second-order valence-corrected chi connectivity index (χ2v) is 4.36. The van der Waals surface area contributed by atoms with Crippen molar-refractivity contribution < 1.29 is 9.53 Å². The molecule has 1 amide bonds. The number of carbonyl (C=O) groups excluding carboxylic acids is 1. The van der Waals surface area contributed by atoms with Crippen LogP contribution in [-0.4, -0.2) is 19.2 Å². The molecule has 0 spiro atoms. The first kappa shape index (κ1) is 14.1. The number of carbonyl (C=O) groups is 1. The number of hydrazone groups is 1. The van der Waals surface area contributed by atoms with Crippen molar-refractivity contribution in [2.24, 2.45) is 5.10 Å². The Hall–Kier alpha value is -2.33. The average molecular weight is 289 g/mol. The number of nitrogens with zero attached hydrogens (tertiary/aromatic N) is 1. The van der Waals surface area contributed by atoms with Crippen LogP contribution in [0, 0.1) is 0 Å². The lowest BCUT2D eigenvalue weighted by Gasteiger charge is -2.02. The van der Waals surface area contributed by atoms with E-state index in [2.05, 4.69) is 10.5 Å². The third kappa shape index (κ3) is 3.59. The summed E-state index contributed by atoms with van der Waals surface area (Å²) in [5.74, 6) is 0.419. The first-order valence-electron chi connectivity index (χ1n) is 5.92. The van der Waals surface area contributed by atoms with Gasteiger partial charge in [-0.2, -0.15) is 5.10 Å². The Balaban J connectivity index is 1.99. The smallest absolute Gasteiger partial charge is 0.272 e. The molecule has 0 bridgehead atoms. The SMILES string of the molecule is COc1ccc(C=NNC(=O)c2ccccc2Cl)cc1. The van der Waals surface area contributed by atoms with E-state index in [-0.39, 0.29) is 5.91 Å². The van der Waals surface area contributed by atoms with Crippen LogP contribution in [0.15, 0.2) is 53.6 Å². The number of methoxy groups -OCH3 is 1. The van der Waals surface area contributed by atoms with Gasteiger partial charge in [0.05, 0.1) is 23.9 Å². The molecule has 0 atom stereocenters. The maximum Gasteiger partial charge on any atom is 0.272 e. The summed E-state index contributed by atoms with van der Waals surface area (Å²) < 4.78 is 5.05. The Morgan fingerprint density at radius 3 is 2.55 bits per heavy atom. The van der Waals surface area contributed by atoms with Crippen molar-refractivity contribution in [3.63, 3.8) is 0 Å². The molecule has 0 fully saturated rings. The lowest BCUT2D eigenvalue weighted by Crippen LogP contribution is -2.17. The highest BCUT2D eigenvalue weighted by atomic mass is 35.5. The molecule has 0 aliphatic rings. The number of hydrogen-bond acceptors (Lipinski definition) is 3. The van der Waals surface area contributed by atoms with Crippen molar-refractivity contribution in [2.45, 2.75) is 0 Å². The normalized spacial score (nSPS) is 10.5. The summed E-state index contributed by atoms with van der Waals surface area (Å²) in [5.41, 5.74) is 3.67. The highest BCUT2D eigenvalue weighted by molar-refractivity contribution is 6.33. The van der Waals surface area contributed by atoms with Gasteiger partial charge in [-0.25, -0.2) is 5.43 Å². The molecule has 0 aromatic heterocycles. The van der Waals surface area contributed by atoms with Crippen molar-refractivity contribution in [3.8, 4) is 5.75 Å². The van der Waals surface area contributed by atoms with Gasteiger partial charge in [-0.3, -0.25) is 4.79 Å². The number of nitrogens with one attached hydrogen (secondary N) is 1. The van der Waals surface area contributed by atoms with E-state index in [1.807, 2.05) is 24.3 Å². The van der Waals surface area contributed by atoms with Crippen molar-refractivity contribution in [1.29, 1.82) is 0 Å². The van der Waals surface area contributed by atoms with E-state index < -0.39 is 0 Å². The van der Waals surface area contributed by atoms with Gasteiger partial charge in [0.2, 0.25) is 0 Å². The number of halogens is 1. The van der Waals surface area contributed by atoms with Gasteiger partial charge in [-0.15, -0.1) is 0 Å². The Bertz CT molecular complexity index is 624. The molecule has 0 saturated heterocycles. The van der Waals surface area contributed by atoms with Crippen LogP contribution in [0.4, 0.5) is 0 Å². The van der Waals surface area contributed by atoms with Gasteiger partial charge in [0, 0.05) is 0 Å². The van der Waals surface area contributed by atoms with Crippen LogP contribution >= 0.6 is 11.6 Å². The minimum Gasteiger partial charge on any atom is -0.497 e. The predicted octanol–water partition coefficient (Wildman–Crippen LogP) is 3.11. The summed E-state index contributed by atoms with van der Waals surface area (Å²) in [4.78, 5) is 11.8. The third-order valence-corrected chi connectivity index (χ3v) is 2.94. The molecule has 5 heteroatoms. The van der Waals surface area contributed by atoms with Gasteiger partial charge < -0.3 is 4.74 Å². The molecular formula is C15H13ClN2O2. The average Bonchev–Trinajstić information content (AvgIpc) is 2.48. The summed E-state index contributed by atoms with van der Waals surface area (Å²) in [6, 6.07) is 14.1. The first-order chi connectivity index (χ1) is 9.70. The second-order valence-electron chi connectivity index (χ2n) is 3.95. The highest BCUT2D eigenvalue weighted by Crippen LogP contribution is 2.14. The lowest BCUT2D eigenvalue weighted by molar-refractivity contribution is 0.0955. The Morgan fingerprint density at radius 1 is 1.20 bits per heavy atom. The Labute approximate surface area is 122 Å². The fraction of sp³-hybridized carbons (Fsp3) is 0.0667. The zero-order chi connectivity index (χ0) is 14.4. The molecule has 0 aliphatic carbocycles. The number of benzene rings is 2. The molecule has 0 aliphatic heterocycles. The standard InChI is InChI=1S/C15H13ClN2O2/c1-20-12-8-6-11(7-9-12)10-17-18-15(19)13-4-2-3-5-14(13)16/h2-10H,1H3,(H,18,19). The van der Waals surface area contributed by atoms with Gasteiger partial charge in [-0.05, 0) is 42.0 Å². The van der Waals surface area contributed by atoms with Crippen LogP contribution in [0.2, 0.25) is 5.02 Å². The highest BCUT2D eigenvalue weighted by Gasteiger charge is 2.07. The molecule has 102 valence electrons. The summed E-state index contributed by atoms with van der Waals surface area (Å²) in [6.45, 7) is 0. The van der Waals surface area contributed by atoms with Crippen LogP contribution in [-0.2, 0) is 0 Å². The zero-order valence-electron chi connectivity index (χ0n) is 10.8. The van der Waals surface area contributed by atoms with Gasteiger partial charge in [-0.1, -0.05) is 23.7 Å². The summed E-state index contributed by atoms with van der Waals surface area (Å²) in [6.07, 6.45) is 1.55.